The first-order valence-electron chi connectivity index (χ1n) is 4.55. The fraction of sp³-hybridized carbons (Fsp3) is 0.0909. The third-order valence-corrected chi connectivity index (χ3v) is 2.29. The van der Waals surface area contributed by atoms with Crippen LogP contribution < -0.4 is 5.32 Å². The third-order valence-electron chi connectivity index (χ3n) is 2.04. The van der Waals surface area contributed by atoms with Crippen molar-refractivity contribution in [3.05, 3.63) is 41.7 Å². The molecule has 0 amide bonds. The molecular formula is C11H10ClN3. The number of nitrogens with one attached hydrogen (secondary N) is 1. The Kier molecular flexibility index (Phi) is 2.83. The van der Waals surface area contributed by atoms with Gasteiger partial charge in [-0.25, -0.2) is 9.97 Å². The number of halogens is 1. The predicted molar refractivity (Wildman–Crippen MR) is 62.0 cm³/mol. The van der Waals surface area contributed by atoms with Crippen LogP contribution in [0.5, 0.6) is 0 Å². The van der Waals surface area contributed by atoms with E-state index in [1.165, 1.54) is 0 Å². The second-order valence-electron chi connectivity index (χ2n) is 3.05. The number of anilines is 1. The Morgan fingerprint density at radius 3 is 2.20 bits per heavy atom. The summed E-state index contributed by atoms with van der Waals surface area (Å²) in [7, 11) is 1.83. The molecule has 0 fully saturated rings. The molecule has 4 heteroatoms. The molecule has 2 rings (SSSR count). The van der Waals surface area contributed by atoms with Crippen molar-refractivity contribution in [3.8, 4) is 11.4 Å². The Hall–Kier alpha value is -1.61. The molecule has 0 bridgehead atoms. The van der Waals surface area contributed by atoms with Gasteiger partial charge in [0.05, 0.1) is 18.1 Å². The van der Waals surface area contributed by atoms with E-state index in [9.17, 15) is 0 Å². The molecule has 0 aliphatic carbocycles. The summed E-state index contributed by atoms with van der Waals surface area (Å²) in [5, 5.41) is 3.68. The maximum atomic E-state index is 5.80. The van der Waals surface area contributed by atoms with E-state index in [1.807, 2.05) is 31.3 Å². The molecule has 0 unspecified atom stereocenters. The zero-order valence-corrected chi connectivity index (χ0v) is 8.99. The van der Waals surface area contributed by atoms with E-state index in [1.54, 1.807) is 12.4 Å². The SMILES string of the molecule is CNc1cnc(-c2ccc(Cl)cc2)nc1. The molecule has 2 aromatic rings. The summed E-state index contributed by atoms with van der Waals surface area (Å²) in [5.41, 5.74) is 1.86. The maximum absolute atomic E-state index is 5.80. The van der Waals surface area contributed by atoms with Crippen LogP contribution in [-0.4, -0.2) is 17.0 Å². The molecule has 0 spiro atoms. The molecule has 1 aromatic carbocycles. The van der Waals surface area contributed by atoms with Gasteiger partial charge in [0.25, 0.3) is 0 Å². The lowest BCUT2D eigenvalue weighted by Gasteiger charge is -2.01. The highest BCUT2D eigenvalue weighted by Crippen LogP contribution is 2.18. The van der Waals surface area contributed by atoms with E-state index < -0.39 is 0 Å². The average molecular weight is 220 g/mol. The second kappa shape index (κ2) is 4.28. The van der Waals surface area contributed by atoms with E-state index in [4.69, 9.17) is 11.6 Å². The number of benzene rings is 1. The van der Waals surface area contributed by atoms with Gasteiger partial charge in [-0.05, 0) is 24.3 Å². The largest absolute Gasteiger partial charge is 0.386 e. The molecule has 1 N–H and O–H groups in total. The number of nitrogens with zero attached hydrogens (tertiary/aromatic N) is 2. The molecule has 3 nitrogen and oxygen atoms in total. The van der Waals surface area contributed by atoms with Gasteiger partial charge in [-0.1, -0.05) is 11.6 Å². The smallest absolute Gasteiger partial charge is 0.159 e. The fourth-order valence-corrected chi connectivity index (χ4v) is 1.33. The standard InChI is InChI=1S/C11H10ClN3/c1-13-10-6-14-11(15-7-10)8-2-4-9(12)5-3-8/h2-7,13H,1H3. The maximum Gasteiger partial charge on any atom is 0.159 e. The van der Waals surface area contributed by atoms with Gasteiger partial charge >= 0.3 is 0 Å². The fourth-order valence-electron chi connectivity index (χ4n) is 1.21. The molecule has 1 heterocycles. The zero-order valence-electron chi connectivity index (χ0n) is 8.24. The molecule has 15 heavy (non-hydrogen) atoms. The normalized spacial score (nSPS) is 10.0. The van der Waals surface area contributed by atoms with Crippen molar-refractivity contribution >= 4 is 17.3 Å². The average Bonchev–Trinajstić information content (AvgIpc) is 2.30. The van der Waals surface area contributed by atoms with E-state index in [-0.39, 0.29) is 0 Å². The van der Waals surface area contributed by atoms with Crippen molar-refractivity contribution in [1.82, 2.24) is 9.97 Å². The Morgan fingerprint density at radius 2 is 1.67 bits per heavy atom. The van der Waals surface area contributed by atoms with Gasteiger partial charge < -0.3 is 5.32 Å². The zero-order chi connectivity index (χ0) is 10.7. The Bertz CT molecular complexity index is 436. The molecule has 0 aliphatic rings. The number of hydrogen-bond acceptors (Lipinski definition) is 3. The quantitative estimate of drug-likeness (QED) is 0.844. The lowest BCUT2D eigenvalue weighted by atomic mass is 10.2. The van der Waals surface area contributed by atoms with Crippen LogP contribution in [0.25, 0.3) is 11.4 Å². The van der Waals surface area contributed by atoms with Gasteiger partial charge in [-0.2, -0.15) is 0 Å². The van der Waals surface area contributed by atoms with Crippen molar-refractivity contribution in [2.45, 2.75) is 0 Å². The monoisotopic (exact) mass is 219 g/mol. The van der Waals surface area contributed by atoms with Crippen LogP contribution in [0.2, 0.25) is 5.02 Å². The highest BCUT2D eigenvalue weighted by molar-refractivity contribution is 6.30. The molecule has 0 atom stereocenters. The summed E-state index contributed by atoms with van der Waals surface area (Å²) in [5.74, 6) is 0.700. The Balaban J connectivity index is 2.33. The predicted octanol–water partition coefficient (Wildman–Crippen LogP) is 2.84. The van der Waals surface area contributed by atoms with Gasteiger partial charge in [0.1, 0.15) is 0 Å². The highest BCUT2D eigenvalue weighted by atomic mass is 35.5. The van der Waals surface area contributed by atoms with Crippen LogP contribution in [0.1, 0.15) is 0 Å². The van der Waals surface area contributed by atoms with Crippen LogP contribution in [0.4, 0.5) is 5.69 Å². The molecule has 0 saturated carbocycles. The lowest BCUT2D eigenvalue weighted by Crippen LogP contribution is -1.93. The lowest BCUT2D eigenvalue weighted by molar-refractivity contribution is 1.17. The van der Waals surface area contributed by atoms with E-state index in [0.29, 0.717) is 10.8 Å². The number of hydrogen-bond donors (Lipinski definition) is 1. The van der Waals surface area contributed by atoms with Crippen LogP contribution in [0.3, 0.4) is 0 Å². The van der Waals surface area contributed by atoms with Crippen molar-refractivity contribution < 1.29 is 0 Å². The second-order valence-corrected chi connectivity index (χ2v) is 3.49. The van der Waals surface area contributed by atoms with Gasteiger partial charge in [-0.3, -0.25) is 0 Å². The van der Waals surface area contributed by atoms with Gasteiger partial charge in [0, 0.05) is 17.6 Å². The van der Waals surface area contributed by atoms with Crippen molar-refractivity contribution in [1.29, 1.82) is 0 Å². The van der Waals surface area contributed by atoms with Crippen molar-refractivity contribution in [3.63, 3.8) is 0 Å². The number of aromatic nitrogens is 2. The molecule has 0 saturated heterocycles. The number of rotatable bonds is 2. The molecule has 76 valence electrons. The minimum atomic E-state index is 0.700. The molecule has 1 aromatic heterocycles. The van der Waals surface area contributed by atoms with Gasteiger partial charge in [0.15, 0.2) is 5.82 Å². The van der Waals surface area contributed by atoms with E-state index in [2.05, 4.69) is 15.3 Å². The summed E-state index contributed by atoms with van der Waals surface area (Å²) >= 11 is 5.80. The van der Waals surface area contributed by atoms with Crippen LogP contribution in [0, 0.1) is 0 Å². The molecule has 0 aliphatic heterocycles. The van der Waals surface area contributed by atoms with Gasteiger partial charge in [0.2, 0.25) is 0 Å². The van der Waals surface area contributed by atoms with Crippen LogP contribution in [0.15, 0.2) is 36.7 Å². The topological polar surface area (TPSA) is 37.8 Å². The first kappa shape index (κ1) is 9.93. The summed E-state index contributed by atoms with van der Waals surface area (Å²) in [6.07, 6.45) is 3.49. The van der Waals surface area contributed by atoms with Crippen molar-refractivity contribution in [2.75, 3.05) is 12.4 Å². The summed E-state index contributed by atoms with van der Waals surface area (Å²) in [6, 6.07) is 7.45. The van der Waals surface area contributed by atoms with Crippen LogP contribution >= 0.6 is 11.6 Å². The summed E-state index contributed by atoms with van der Waals surface area (Å²) < 4.78 is 0. The molecule has 0 radical (unpaired) electrons. The third kappa shape index (κ3) is 2.25. The first-order valence-corrected chi connectivity index (χ1v) is 4.93. The molecular weight excluding hydrogens is 210 g/mol. The minimum Gasteiger partial charge on any atom is -0.386 e. The van der Waals surface area contributed by atoms with E-state index >= 15 is 0 Å². The summed E-state index contributed by atoms with van der Waals surface area (Å²) in [6.45, 7) is 0. The van der Waals surface area contributed by atoms with Crippen molar-refractivity contribution in [2.24, 2.45) is 0 Å². The minimum absolute atomic E-state index is 0.700. The van der Waals surface area contributed by atoms with Gasteiger partial charge in [-0.15, -0.1) is 0 Å². The van der Waals surface area contributed by atoms with E-state index in [0.717, 1.165) is 11.3 Å². The summed E-state index contributed by atoms with van der Waals surface area (Å²) in [4.78, 5) is 8.47. The van der Waals surface area contributed by atoms with Crippen LogP contribution in [-0.2, 0) is 0 Å². The Labute approximate surface area is 93.1 Å². The highest BCUT2D eigenvalue weighted by Gasteiger charge is 2.00. The Morgan fingerprint density at radius 1 is 1.07 bits per heavy atom. The first-order chi connectivity index (χ1) is 7.29.